The van der Waals surface area contributed by atoms with Crippen molar-refractivity contribution >= 4 is 19.8 Å². The molecule has 1 N–H and O–H groups in total. The molecule has 0 aliphatic carbocycles. The summed E-state index contributed by atoms with van der Waals surface area (Å²) < 4.78 is 20.8. The zero-order valence-electron chi connectivity index (χ0n) is 20.1. The molecule has 0 aliphatic rings. The van der Waals surface area contributed by atoms with E-state index in [1.807, 2.05) is 0 Å². The van der Waals surface area contributed by atoms with Gasteiger partial charge in [-0.25, -0.2) is 4.57 Å². The summed E-state index contributed by atoms with van der Waals surface area (Å²) in [6.45, 7) is 4.40. The van der Waals surface area contributed by atoms with E-state index in [0.29, 0.717) is 12.8 Å². The van der Waals surface area contributed by atoms with E-state index in [1.165, 1.54) is 64.2 Å². The Hall–Kier alpha value is -0.870. The first-order valence-electron chi connectivity index (χ1n) is 12.7. The first-order valence-corrected chi connectivity index (χ1v) is 14.2. The third-order valence-electron chi connectivity index (χ3n) is 5.40. The van der Waals surface area contributed by atoms with Crippen LogP contribution in [0.1, 0.15) is 142 Å². The lowest BCUT2D eigenvalue weighted by Crippen LogP contribution is -2.08. The highest BCUT2D eigenvalue weighted by molar-refractivity contribution is 7.48. The monoisotopic (exact) mass is 462 g/mol. The van der Waals surface area contributed by atoms with Crippen molar-refractivity contribution in [2.75, 3.05) is 0 Å². The molecule has 0 radical (unpaired) electrons. The van der Waals surface area contributed by atoms with Crippen LogP contribution in [0.3, 0.4) is 0 Å². The summed E-state index contributed by atoms with van der Waals surface area (Å²) in [6, 6.07) is 0. The van der Waals surface area contributed by atoms with Gasteiger partial charge in [0, 0.05) is 12.8 Å². The molecule has 184 valence electrons. The molecular formula is C24H47O6P. The van der Waals surface area contributed by atoms with Gasteiger partial charge in [-0.05, 0) is 12.8 Å². The molecule has 31 heavy (non-hydrogen) atoms. The minimum atomic E-state index is -4.66. The molecule has 0 spiro atoms. The molecule has 0 rings (SSSR count). The summed E-state index contributed by atoms with van der Waals surface area (Å²) >= 11 is 0. The van der Waals surface area contributed by atoms with E-state index in [9.17, 15) is 19.0 Å². The first kappa shape index (κ1) is 30.1. The number of phosphoric ester groups is 1. The normalized spacial score (nSPS) is 11.5. The maximum absolute atomic E-state index is 11.8. The summed E-state index contributed by atoms with van der Waals surface area (Å²) in [6.07, 6.45) is 20.1. The average Bonchev–Trinajstić information content (AvgIpc) is 2.70. The Bertz CT molecular complexity index is 454. The molecular weight excluding hydrogens is 415 g/mol. The Morgan fingerprint density at radius 2 is 0.806 bits per heavy atom. The van der Waals surface area contributed by atoms with Crippen LogP contribution in [0.15, 0.2) is 0 Å². The van der Waals surface area contributed by atoms with E-state index in [4.69, 9.17) is 0 Å². The van der Waals surface area contributed by atoms with Gasteiger partial charge in [-0.3, -0.25) is 14.5 Å². The second-order valence-electron chi connectivity index (χ2n) is 8.55. The fourth-order valence-corrected chi connectivity index (χ4v) is 4.26. The van der Waals surface area contributed by atoms with Crippen molar-refractivity contribution in [1.29, 1.82) is 0 Å². The fourth-order valence-electron chi connectivity index (χ4n) is 3.53. The Morgan fingerprint density at radius 3 is 1.10 bits per heavy atom. The van der Waals surface area contributed by atoms with Crippen molar-refractivity contribution in [1.82, 2.24) is 0 Å². The molecule has 0 amide bonds. The molecule has 0 saturated carbocycles. The minimum Gasteiger partial charge on any atom is -0.361 e. The van der Waals surface area contributed by atoms with Crippen LogP contribution in [0.5, 0.6) is 0 Å². The SMILES string of the molecule is CCCCCCCCCCCC(=O)OP(=O)(O)OC(=O)CCCCCCCCCCC. The van der Waals surface area contributed by atoms with Crippen LogP contribution >= 0.6 is 7.82 Å². The molecule has 6 nitrogen and oxygen atoms in total. The lowest BCUT2D eigenvalue weighted by Gasteiger charge is -2.11. The van der Waals surface area contributed by atoms with E-state index in [1.54, 1.807) is 0 Å². The molecule has 0 heterocycles. The van der Waals surface area contributed by atoms with Crippen molar-refractivity contribution in [2.24, 2.45) is 0 Å². The van der Waals surface area contributed by atoms with Crippen molar-refractivity contribution < 1.29 is 28.1 Å². The Balaban J connectivity index is 3.68. The van der Waals surface area contributed by atoms with Crippen LogP contribution in [0.25, 0.3) is 0 Å². The van der Waals surface area contributed by atoms with E-state index >= 15 is 0 Å². The largest absolute Gasteiger partial charge is 0.589 e. The van der Waals surface area contributed by atoms with Gasteiger partial charge in [-0.15, -0.1) is 0 Å². The van der Waals surface area contributed by atoms with Crippen molar-refractivity contribution in [3.63, 3.8) is 0 Å². The Morgan fingerprint density at radius 1 is 0.548 bits per heavy atom. The number of hydrogen-bond acceptors (Lipinski definition) is 5. The molecule has 0 saturated heterocycles. The molecule has 0 aromatic rings. The van der Waals surface area contributed by atoms with E-state index < -0.39 is 19.8 Å². The van der Waals surface area contributed by atoms with Gasteiger partial charge in [0.2, 0.25) is 0 Å². The van der Waals surface area contributed by atoms with Crippen LogP contribution in [-0.2, 0) is 23.2 Å². The number of unbranched alkanes of at least 4 members (excludes halogenated alkanes) is 16. The standard InChI is InChI=1S/C24H47O6P/c1-3-5-7-9-11-13-15-17-19-21-23(25)29-31(27,28)30-24(26)22-20-18-16-14-12-10-8-6-4-2/h3-22H2,1-2H3,(H,27,28). The predicted molar refractivity (Wildman–Crippen MR) is 126 cm³/mol. The van der Waals surface area contributed by atoms with Crippen LogP contribution in [0.4, 0.5) is 0 Å². The second-order valence-corrected chi connectivity index (χ2v) is 9.85. The summed E-state index contributed by atoms with van der Waals surface area (Å²) in [7, 11) is -4.66. The maximum atomic E-state index is 11.8. The van der Waals surface area contributed by atoms with Crippen molar-refractivity contribution in [3.05, 3.63) is 0 Å². The van der Waals surface area contributed by atoms with Crippen molar-refractivity contribution in [2.45, 2.75) is 142 Å². The highest BCUT2D eigenvalue weighted by Gasteiger charge is 2.30. The number of carbonyl (C=O) groups excluding carboxylic acids is 2. The number of carbonyl (C=O) groups is 2. The Labute approximate surface area is 190 Å². The van der Waals surface area contributed by atoms with Gasteiger partial charge in [0.05, 0.1) is 0 Å². The van der Waals surface area contributed by atoms with Gasteiger partial charge in [0.15, 0.2) is 0 Å². The summed E-state index contributed by atoms with van der Waals surface area (Å²) in [5.74, 6) is -1.57. The minimum absolute atomic E-state index is 0.0657. The van der Waals surface area contributed by atoms with Gasteiger partial charge in [0.25, 0.3) is 0 Å². The fraction of sp³-hybridized carbons (Fsp3) is 0.917. The molecule has 0 unspecified atom stereocenters. The van der Waals surface area contributed by atoms with Crippen molar-refractivity contribution in [3.8, 4) is 0 Å². The van der Waals surface area contributed by atoms with E-state index in [0.717, 1.165) is 38.5 Å². The van der Waals surface area contributed by atoms with Gasteiger partial charge in [0.1, 0.15) is 0 Å². The number of phosphoric acid groups is 1. The summed E-state index contributed by atoms with van der Waals surface area (Å²) in [5.41, 5.74) is 0. The topological polar surface area (TPSA) is 89.9 Å². The molecule has 0 fully saturated rings. The lowest BCUT2D eigenvalue weighted by atomic mass is 10.1. The third kappa shape index (κ3) is 22.1. The number of hydrogen-bond donors (Lipinski definition) is 1. The van der Waals surface area contributed by atoms with Crippen LogP contribution < -0.4 is 0 Å². The summed E-state index contributed by atoms with van der Waals surface area (Å²) in [5, 5.41) is 0. The average molecular weight is 463 g/mol. The molecule has 0 aromatic heterocycles. The first-order chi connectivity index (χ1) is 14.9. The Kier molecular flexibility index (Phi) is 20.4. The van der Waals surface area contributed by atoms with Crippen LogP contribution in [0.2, 0.25) is 0 Å². The lowest BCUT2D eigenvalue weighted by molar-refractivity contribution is -0.140. The molecule has 7 heteroatoms. The van der Waals surface area contributed by atoms with E-state index in [-0.39, 0.29) is 12.8 Å². The van der Waals surface area contributed by atoms with Crippen LogP contribution in [0, 0.1) is 0 Å². The van der Waals surface area contributed by atoms with Gasteiger partial charge in [-0.1, -0.05) is 117 Å². The third-order valence-corrected chi connectivity index (χ3v) is 6.27. The van der Waals surface area contributed by atoms with Gasteiger partial charge < -0.3 is 9.05 Å². The zero-order valence-corrected chi connectivity index (χ0v) is 21.0. The molecule has 0 atom stereocenters. The van der Waals surface area contributed by atoms with Gasteiger partial charge >= 0.3 is 19.8 Å². The molecule has 0 bridgehead atoms. The second kappa shape index (κ2) is 21.0. The summed E-state index contributed by atoms with van der Waals surface area (Å²) in [4.78, 5) is 33.1. The molecule has 0 aromatic carbocycles. The maximum Gasteiger partial charge on any atom is 0.589 e. The zero-order chi connectivity index (χ0) is 23.2. The van der Waals surface area contributed by atoms with E-state index in [2.05, 4.69) is 22.9 Å². The van der Waals surface area contributed by atoms with Gasteiger partial charge in [-0.2, -0.15) is 0 Å². The highest BCUT2D eigenvalue weighted by Crippen LogP contribution is 2.44. The quantitative estimate of drug-likeness (QED) is 0.129. The highest BCUT2D eigenvalue weighted by atomic mass is 31.2. The number of rotatable bonds is 22. The predicted octanol–water partition coefficient (Wildman–Crippen LogP) is 8.02. The smallest absolute Gasteiger partial charge is 0.361 e. The molecule has 0 aliphatic heterocycles. The van der Waals surface area contributed by atoms with Crippen LogP contribution in [-0.4, -0.2) is 16.8 Å².